The number of aliphatic hydroxyl groups is 1. The van der Waals surface area contributed by atoms with E-state index in [4.69, 9.17) is 21.5 Å². The first-order valence-corrected chi connectivity index (χ1v) is 14.2. The molecule has 1 aliphatic heterocycles. The molecular weight excluding hydrogens is 606 g/mol. The summed E-state index contributed by atoms with van der Waals surface area (Å²) in [7, 11) is -3.42. The highest BCUT2D eigenvalue weighted by Crippen LogP contribution is 2.37. The second-order valence-electron chi connectivity index (χ2n) is 9.72. The number of hydrogen-bond donors (Lipinski definition) is 3. The normalized spacial score (nSPS) is 20.1. The van der Waals surface area contributed by atoms with Gasteiger partial charge in [-0.05, 0) is 48.6 Å². The monoisotopic (exact) mass is 630 g/mol. The van der Waals surface area contributed by atoms with Crippen molar-refractivity contribution in [2.75, 3.05) is 12.3 Å². The molecule has 0 aromatic heterocycles. The van der Waals surface area contributed by atoms with Gasteiger partial charge in [0.15, 0.2) is 9.84 Å². The van der Waals surface area contributed by atoms with Crippen LogP contribution in [-0.2, 0) is 20.8 Å². The van der Waals surface area contributed by atoms with Crippen LogP contribution in [0.4, 0.5) is 26.3 Å². The third kappa shape index (κ3) is 8.80. The summed E-state index contributed by atoms with van der Waals surface area (Å²) in [5.74, 6) is -3.50. The number of sulfone groups is 1. The summed E-state index contributed by atoms with van der Waals surface area (Å²) in [6.45, 7) is 0.412. The van der Waals surface area contributed by atoms with Crippen molar-refractivity contribution < 1.29 is 59.9 Å². The Hall–Kier alpha value is -2.88. The third-order valence-corrected chi connectivity index (χ3v) is 8.81. The second-order valence-corrected chi connectivity index (χ2v) is 12.1. The van der Waals surface area contributed by atoms with E-state index in [0.29, 0.717) is 18.5 Å². The molecule has 2 aromatic rings. The third-order valence-electron chi connectivity index (χ3n) is 6.50. The molecule has 1 aliphatic carbocycles. The van der Waals surface area contributed by atoms with Crippen molar-refractivity contribution >= 4 is 33.3 Å². The molecule has 226 valence electrons. The Morgan fingerprint density at radius 2 is 1.66 bits per heavy atom. The van der Waals surface area contributed by atoms with Crippen LogP contribution in [0.1, 0.15) is 46.8 Å². The van der Waals surface area contributed by atoms with Crippen molar-refractivity contribution in [3.63, 3.8) is 0 Å². The lowest BCUT2D eigenvalue weighted by molar-refractivity contribution is -0.675. The van der Waals surface area contributed by atoms with E-state index in [1.807, 2.05) is 5.32 Å². The summed E-state index contributed by atoms with van der Waals surface area (Å²) < 4.78 is 96.4. The Bertz CT molecular complexity index is 1360. The lowest BCUT2D eigenvalue weighted by Gasteiger charge is -2.24. The number of alkyl halides is 6. The number of halogens is 7. The van der Waals surface area contributed by atoms with Gasteiger partial charge in [0.2, 0.25) is 0 Å². The Morgan fingerprint density at radius 1 is 1.07 bits per heavy atom. The molecule has 0 radical (unpaired) electrons. The minimum atomic E-state index is -5.19. The number of hydrogen-bond acceptors (Lipinski definition) is 6. The van der Waals surface area contributed by atoms with Gasteiger partial charge in [-0.3, -0.25) is 4.79 Å². The van der Waals surface area contributed by atoms with Crippen LogP contribution in [0.25, 0.3) is 0 Å². The lowest BCUT2D eigenvalue weighted by Crippen LogP contribution is -2.89. The van der Waals surface area contributed by atoms with E-state index >= 15 is 0 Å². The molecule has 4 N–H and O–H groups in total. The van der Waals surface area contributed by atoms with Crippen LogP contribution in [0.3, 0.4) is 0 Å². The molecule has 2 aromatic carbocycles. The second kappa shape index (κ2) is 12.5. The van der Waals surface area contributed by atoms with E-state index < -0.39 is 56.8 Å². The molecule has 1 saturated carbocycles. The van der Waals surface area contributed by atoms with Crippen molar-refractivity contribution in [1.29, 1.82) is 0 Å². The summed E-state index contributed by atoms with van der Waals surface area (Å²) in [6, 6.07) is 8.30. The van der Waals surface area contributed by atoms with Crippen LogP contribution in [0.15, 0.2) is 47.4 Å². The smallest absolute Gasteiger partial charge is 0.430 e. The van der Waals surface area contributed by atoms with Crippen LogP contribution in [-0.4, -0.2) is 56.0 Å². The number of carboxylic acid groups (broad SMARTS) is 1. The number of nitrogens with one attached hydrogen (secondary N) is 1. The van der Waals surface area contributed by atoms with E-state index in [1.165, 1.54) is 18.2 Å². The zero-order chi connectivity index (χ0) is 30.8. The molecule has 41 heavy (non-hydrogen) atoms. The fraction of sp³-hybridized carbons (Fsp3) is 0.440. The maximum atomic E-state index is 13.2. The Kier molecular flexibility index (Phi) is 9.99. The largest absolute Gasteiger partial charge is 0.542 e. The number of aliphatic hydroxyl groups excluding tert-OH is 1. The number of rotatable bonds is 7. The Balaban J connectivity index is 0.000000587. The van der Waals surface area contributed by atoms with Crippen molar-refractivity contribution in [3.05, 3.63) is 64.2 Å². The molecule has 0 unspecified atom stereocenters. The van der Waals surface area contributed by atoms with Gasteiger partial charge in [-0.2, -0.15) is 26.3 Å². The van der Waals surface area contributed by atoms with Crippen LogP contribution >= 0.6 is 11.6 Å². The molecular formula is C25H25ClF6N2O6S. The van der Waals surface area contributed by atoms with E-state index in [1.54, 1.807) is 12.1 Å². The van der Waals surface area contributed by atoms with Gasteiger partial charge in [-0.15, -0.1) is 0 Å². The van der Waals surface area contributed by atoms with Gasteiger partial charge < -0.3 is 25.6 Å². The van der Waals surface area contributed by atoms with Crippen LogP contribution in [0.5, 0.6) is 0 Å². The molecule has 3 atom stereocenters. The van der Waals surface area contributed by atoms with E-state index in [0.717, 1.165) is 25.0 Å². The average Bonchev–Trinajstić information content (AvgIpc) is 3.57. The van der Waals surface area contributed by atoms with Gasteiger partial charge in [0, 0.05) is 6.42 Å². The molecule has 0 bridgehead atoms. The van der Waals surface area contributed by atoms with Gasteiger partial charge in [-0.25, -0.2) is 8.42 Å². The van der Waals surface area contributed by atoms with E-state index in [-0.39, 0.29) is 28.2 Å². The van der Waals surface area contributed by atoms with Crippen LogP contribution in [0, 0.1) is 5.92 Å². The van der Waals surface area contributed by atoms with Crippen LogP contribution < -0.4 is 15.7 Å². The number of carboxylic acids is 1. The zero-order valence-electron chi connectivity index (χ0n) is 21.0. The van der Waals surface area contributed by atoms with Crippen LogP contribution in [0.2, 0.25) is 5.02 Å². The number of nitrogens with two attached hydrogens (primary N) is 1. The van der Waals surface area contributed by atoms with Crippen molar-refractivity contribution in [2.24, 2.45) is 5.92 Å². The molecule has 16 heteroatoms. The summed E-state index contributed by atoms with van der Waals surface area (Å²) in [4.78, 5) is 22.0. The fourth-order valence-corrected chi connectivity index (χ4v) is 6.28. The van der Waals surface area contributed by atoms with E-state index in [9.17, 15) is 44.7 Å². The molecule has 1 amide bonds. The molecule has 8 nitrogen and oxygen atoms in total. The first kappa shape index (κ1) is 32.6. The maximum absolute atomic E-state index is 13.2. The van der Waals surface area contributed by atoms with Gasteiger partial charge >= 0.3 is 12.4 Å². The molecule has 0 spiro atoms. The summed E-state index contributed by atoms with van der Waals surface area (Å²) in [6.07, 6.45) is -8.34. The molecule has 1 heterocycles. The number of carbonyl (C=O) groups excluding carboxylic acids is 2. The first-order valence-electron chi connectivity index (χ1n) is 12.2. The topological polar surface area (TPSA) is 140 Å². The quantitative estimate of drug-likeness (QED) is 0.400. The standard InChI is InChI=1S/C23H24ClF3N2O4S.C2HF3O2/c24-20-17(2-1-3-18(20)23(25,26)27)22(31)29-21(19-10-15(30)11-28-19)14-6-8-16(9-7-14)34(32,33)12-13-4-5-13;3-2(4,5)1(6)7/h1-3,6-9,13,15,19,21,28,30H,4-5,10-12H2,(H,29,31);(H,6,7)/t15-,19+,21-;/m1./s1. The molecule has 2 fully saturated rings. The zero-order valence-corrected chi connectivity index (χ0v) is 22.6. The Morgan fingerprint density at radius 3 is 2.12 bits per heavy atom. The minimum Gasteiger partial charge on any atom is -0.542 e. The van der Waals surface area contributed by atoms with Crippen molar-refractivity contribution in [3.8, 4) is 0 Å². The molecule has 2 aliphatic rings. The molecule has 4 rings (SSSR count). The van der Waals surface area contributed by atoms with Gasteiger partial charge in [0.1, 0.15) is 30.7 Å². The predicted octanol–water partition coefficient (Wildman–Crippen LogP) is 2.01. The highest BCUT2D eigenvalue weighted by Gasteiger charge is 2.38. The maximum Gasteiger partial charge on any atom is 0.430 e. The average molecular weight is 631 g/mol. The summed E-state index contributed by atoms with van der Waals surface area (Å²) in [5.41, 5.74) is -0.840. The lowest BCUT2D eigenvalue weighted by atomic mass is 9.97. The first-order chi connectivity index (χ1) is 18.9. The van der Waals surface area contributed by atoms with Crippen molar-refractivity contribution in [1.82, 2.24) is 5.32 Å². The predicted molar refractivity (Wildman–Crippen MR) is 130 cm³/mol. The van der Waals surface area contributed by atoms with Gasteiger partial charge in [-0.1, -0.05) is 29.8 Å². The number of carbonyl (C=O) groups is 2. The number of aliphatic carboxylic acids is 1. The Labute approximate surface area is 235 Å². The summed E-state index contributed by atoms with van der Waals surface area (Å²) >= 11 is 5.92. The fourth-order valence-electron chi connectivity index (χ4n) is 4.27. The van der Waals surface area contributed by atoms with E-state index in [2.05, 4.69) is 5.32 Å². The van der Waals surface area contributed by atoms with Crippen molar-refractivity contribution in [2.45, 2.75) is 54.7 Å². The van der Waals surface area contributed by atoms with Gasteiger partial charge in [0.05, 0.1) is 26.8 Å². The SMILES string of the molecule is O=C(N[C@H](c1ccc(S(=O)(=O)CC2CC2)cc1)[C@@H]1C[C@@H](O)C[NH2+]1)c1cccc(C(F)(F)F)c1Cl.O=C([O-])C(F)(F)F. The highest BCUT2D eigenvalue weighted by molar-refractivity contribution is 7.91. The minimum absolute atomic E-state index is 0.100. The number of benzene rings is 2. The molecule has 1 saturated heterocycles. The van der Waals surface area contributed by atoms with Gasteiger partial charge in [0.25, 0.3) is 5.91 Å². The number of quaternary nitrogens is 1. The number of amides is 1. The summed E-state index contributed by atoms with van der Waals surface area (Å²) in [5, 5.41) is 22.7. The highest BCUT2D eigenvalue weighted by atomic mass is 35.5.